The van der Waals surface area contributed by atoms with E-state index in [-0.39, 0.29) is 18.6 Å². The maximum atomic E-state index is 11.8. The van der Waals surface area contributed by atoms with Crippen molar-refractivity contribution in [1.82, 2.24) is 0 Å². The Hall–Kier alpha value is -2.41. The number of nitrogens with zero attached hydrogens (tertiary/aromatic N) is 1. The number of methoxy groups -OCH3 is 1. The number of aliphatic hydroxyl groups is 1. The highest BCUT2D eigenvalue weighted by molar-refractivity contribution is 5.90. The SMILES string of the molecule is COc1c2c(cc3c1C(CC(O)=C1CCOC1=O)[N+](C)(C)CC3)OCO2. The van der Waals surface area contributed by atoms with Gasteiger partial charge in [-0.1, -0.05) is 0 Å². The highest BCUT2D eigenvalue weighted by atomic mass is 16.7. The van der Waals surface area contributed by atoms with Crippen LogP contribution in [0.2, 0.25) is 0 Å². The van der Waals surface area contributed by atoms with E-state index in [1.165, 1.54) is 0 Å². The van der Waals surface area contributed by atoms with Crippen molar-refractivity contribution in [2.75, 3.05) is 41.1 Å². The molecule has 1 N–H and O–H groups in total. The molecule has 1 aromatic rings. The molecule has 7 heteroatoms. The maximum absolute atomic E-state index is 11.8. The average Bonchev–Trinajstić information content (AvgIpc) is 3.24. The number of rotatable bonds is 3. The molecule has 26 heavy (non-hydrogen) atoms. The number of fused-ring (bicyclic) bond motifs is 2. The Morgan fingerprint density at radius 3 is 2.81 bits per heavy atom. The molecule has 1 saturated heterocycles. The van der Waals surface area contributed by atoms with E-state index < -0.39 is 5.97 Å². The average molecular weight is 362 g/mol. The zero-order valence-corrected chi connectivity index (χ0v) is 15.3. The fraction of sp³-hybridized carbons (Fsp3) is 0.526. The first kappa shape index (κ1) is 17.0. The van der Waals surface area contributed by atoms with Gasteiger partial charge in [-0.25, -0.2) is 4.79 Å². The molecule has 0 aliphatic carbocycles. The van der Waals surface area contributed by atoms with E-state index in [1.807, 2.05) is 6.07 Å². The highest BCUT2D eigenvalue weighted by Crippen LogP contribution is 2.51. The predicted molar refractivity (Wildman–Crippen MR) is 92.4 cm³/mol. The molecule has 7 nitrogen and oxygen atoms in total. The lowest BCUT2D eigenvalue weighted by molar-refractivity contribution is -0.923. The number of cyclic esters (lactones) is 1. The first-order valence-electron chi connectivity index (χ1n) is 8.82. The van der Waals surface area contributed by atoms with E-state index in [2.05, 4.69) is 14.1 Å². The summed E-state index contributed by atoms with van der Waals surface area (Å²) in [5, 5.41) is 10.7. The number of ether oxygens (including phenoxy) is 4. The van der Waals surface area contributed by atoms with Gasteiger partial charge in [0.2, 0.25) is 12.5 Å². The summed E-state index contributed by atoms with van der Waals surface area (Å²) >= 11 is 0. The molecule has 1 fully saturated rings. The molecule has 3 aliphatic heterocycles. The van der Waals surface area contributed by atoms with Gasteiger partial charge >= 0.3 is 5.97 Å². The van der Waals surface area contributed by atoms with Crippen molar-refractivity contribution in [3.8, 4) is 17.2 Å². The fourth-order valence-electron chi connectivity index (χ4n) is 4.12. The first-order valence-corrected chi connectivity index (χ1v) is 8.82. The largest absolute Gasteiger partial charge is 0.511 e. The van der Waals surface area contributed by atoms with Crippen molar-refractivity contribution in [2.45, 2.75) is 25.3 Å². The van der Waals surface area contributed by atoms with Crippen LogP contribution < -0.4 is 14.2 Å². The predicted octanol–water partition coefficient (Wildman–Crippen LogP) is 2.25. The summed E-state index contributed by atoms with van der Waals surface area (Å²) in [6.45, 7) is 1.42. The molecule has 4 rings (SSSR count). The van der Waals surface area contributed by atoms with Crippen molar-refractivity contribution in [2.24, 2.45) is 0 Å². The standard InChI is InChI=1S/C19H23NO6/c1-20(2)6-4-11-8-15-17(26-10-25-15)18(23-3)16(11)13(20)9-14(21)12-5-7-24-19(12)22/h8,13H,4-7,9-10H2,1-3H3/p+1. The molecule has 140 valence electrons. The Labute approximate surface area is 152 Å². The molecular formula is C19H24NO6+. The van der Waals surface area contributed by atoms with Crippen molar-refractivity contribution in [1.29, 1.82) is 0 Å². The summed E-state index contributed by atoms with van der Waals surface area (Å²) in [4.78, 5) is 11.8. The second kappa shape index (κ2) is 6.09. The molecule has 0 bridgehead atoms. The zero-order chi connectivity index (χ0) is 18.5. The van der Waals surface area contributed by atoms with Gasteiger partial charge in [-0.05, 0) is 11.6 Å². The minimum atomic E-state index is -0.415. The lowest BCUT2D eigenvalue weighted by Crippen LogP contribution is -2.48. The molecule has 3 aliphatic rings. The van der Waals surface area contributed by atoms with Gasteiger partial charge in [-0.3, -0.25) is 0 Å². The topological polar surface area (TPSA) is 74.2 Å². The summed E-state index contributed by atoms with van der Waals surface area (Å²) in [6, 6.07) is 1.95. The monoisotopic (exact) mass is 362 g/mol. The number of likely N-dealkylation sites (N-methyl/N-ethyl adjacent to an activating group) is 1. The van der Waals surface area contributed by atoms with Crippen LogP contribution in [0.15, 0.2) is 17.4 Å². The summed E-state index contributed by atoms with van der Waals surface area (Å²) in [5.41, 5.74) is 2.55. The van der Waals surface area contributed by atoms with Gasteiger partial charge < -0.3 is 28.5 Å². The summed E-state index contributed by atoms with van der Waals surface area (Å²) in [6.07, 6.45) is 1.68. The van der Waals surface area contributed by atoms with Crippen molar-refractivity contribution < 1.29 is 33.3 Å². The number of aliphatic hydroxyl groups excluding tert-OH is 1. The Morgan fingerprint density at radius 1 is 1.31 bits per heavy atom. The van der Waals surface area contributed by atoms with Crippen molar-refractivity contribution in [3.05, 3.63) is 28.5 Å². The van der Waals surface area contributed by atoms with E-state index in [4.69, 9.17) is 18.9 Å². The van der Waals surface area contributed by atoms with Gasteiger partial charge in [0.15, 0.2) is 11.5 Å². The van der Waals surface area contributed by atoms with E-state index in [0.717, 1.165) is 24.1 Å². The minimum absolute atomic E-state index is 0.0656. The van der Waals surface area contributed by atoms with Crippen molar-refractivity contribution in [3.63, 3.8) is 0 Å². The maximum Gasteiger partial charge on any atom is 0.337 e. The van der Waals surface area contributed by atoms with Crippen LogP contribution in [0.25, 0.3) is 0 Å². The summed E-state index contributed by atoms with van der Waals surface area (Å²) in [5.74, 6) is 1.68. The lowest BCUT2D eigenvalue weighted by Gasteiger charge is -2.43. The second-order valence-electron chi connectivity index (χ2n) is 7.50. The molecule has 1 unspecified atom stereocenters. The number of esters is 1. The van der Waals surface area contributed by atoms with E-state index in [0.29, 0.717) is 46.8 Å². The molecule has 0 amide bonds. The van der Waals surface area contributed by atoms with Crippen LogP contribution in [0.5, 0.6) is 17.2 Å². The minimum Gasteiger partial charge on any atom is -0.511 e. The third-order valence-electron chi connectivity index (χ3n) is 5.65. The molecule has 0 aromatic heterocycles. The molecule has 0 radical (unpaired) electrons. The number of hydrogen-bond acceptors (Lipinski definition) is 6. The van der Waals surface area contributed by atoms with Crippen LogP contribution in [0.1, 0.15) is 30.0 Å². The van der Waals surface area contributed by atoms with E-state index in [1.54, 1.807) is 7.11 Å². The Morgan fingerprint density at radius 2 is 2.12 bits per heavy atom. The van der Waals surface area contributed by atoms with E-state index >= 15 is 0 Å². The van der Waals surface area contributed by atoms with Crippen LogP contribution in [0.4, 0.5) is 0 Å². The zero-order valence-electron chi connectivity index (χ0n) is 15.3. The van der Waals surface area contributed by atoms with Crippen molar-refractivity contribution >= 4 is 5.97 Å². The molecule has 1 atom stereocenters. The number of carbonyl (C=O) groups is 1. The van der Waals surface area contributed by atoms with Crippen LogP contribution in [0.3, 0.4) is 0 Å². The van der Waals surface area contributed by atoms with E-state index in [9.17, 15) is 9.90 Å². The third kappa shape index (κ3) is 2.58. The summed E-state index contributed by atoms with van der Waals surface area (Å²) < 4.78 is 22.5. The number of benzene rings is 1. The quantitative estimate of drug-likeness (QED) is 0.385. The Kier molecular flexibility index (Phi) is 3.99. The number of quaternary nitrogens is 1. The van der Waals surface area contributed by atoms with Gasteiger partial charge in [-0.15, -0.1) is 0 Å². The van der Waals surface area contributed by atoms with Crippen LogP contribution in [0, 0.1) is 0 Å². The molecular weight excluding hydrogens is 338 g/mol. The number of carbonyl (C=O) groups excluding carboxylic acids is 1. The second-order valence-corrected chi connectivity index (χ2v) is 7.50. The van der Waals surface area contributed by atoms with Gasteiger partial charge in [-0.2, -0.15) is 0 Å². The smallest absolute Gasteiger partial charge is 0.337 e. The van der Waals surface area contributed by atoms with Crippen LogP contribution in [-0.4, -0.2) is 56.7 Å². The molecule has 3 heterocycles. The van der Waals surface area contributed by atoms with Gasteiger partial charge in [0.05, 0.1) is 51.9 Å². The molecule has 0 saturated carbocycles. The fourth-order valence-corrected chi connectivity index (χ4v) is 4.12. The highest BCUT2D eigenvalue weighted by Gasteiger charge is 2.42. The van der Waals surface area contributed by atoms with Crippen LogP contribution >= 0.6 is 0 Å². The van der Waals surface area contributed by atoms with Crippen LogP contribution in [-0.2, 0) is 16.0 Å². The van der Waals surface area contributed by atoms with Gasteiger partial charge in [0, 0.05) is 12.8 Å². The Bertz CT molecular complexity index is 798. The summed E-state index contributed by atoms with van der Waals surface area (Å²) in [7, 11) is 5.88. The normalized spacial score (nSPS) is 24.9. The first-order chi connectivity index (χ1) is 12.4. The molecule has 0 spiro atoms. The Balaban J connectivity index is 1.81. The van der Waals surface area contributed by atoms with Gasteiger partial charge in [0.1, 0.15) is 11.8 Å². The van der Waals surface area contributed by atoms with Gasteiger partial charge in [0.25, 0.3) is 0 Å². The molecule has 1 aromatic carbocycles. The third-order valence-corrected chi connectivity index (χ3v) is 5.65. The number of hydrogen-bond donors (Lipinski definition) is 1. The lowest BCUT2D eigenvalue weighted by atomic mass is 9.86.